The highest BCUT2D eigenvalue weighted by Crippen LogP contribution is 2.30. The monoisotopic (exact) mass is 492 g/mol. The van der Waals surface area contributed by atoms with Crippen LogP contribution in [0.25, 0.3) is 11.1 Å². The van der Waals surface area contributed by atoms with Crippen molar-refractivity contribution in [2.45, 2.75) is 13.1 Å². The molecule has 1 aliphatic heterocycles. The lowest BCUT2D eigenvalue weighted by molar-refractivity contribution is -0.141. The number of nitrogens with zero attached hydrogens (tertiary/aromatic N) is 5. The van der Waals surface area contributed by atoms with Gasteiger partial charge in [-0.2, -0.15) is 17.5 Å². The van der Waals surface area contributed by atoms with Crippen molar-refractivity contribution in [3.05, 3.63) is 60.0 Å². The Morgan fingerprint density at radius 3 is 2.32 bits per heavy atom. The number of alkyl halides is 3. The second kappa shape index (κ2) is 9.18. The van der Waals surface area contributed by atoms with Crippen LogP contribution in [0.3, 0.4) is 0 Å². The van der Waals surface area contributed by atoms with E-state index in [0.717, 1.165) is 34.8 Å². The summed E-state index contributed by atoms with van der Waals surface area (Å²) in [6, 6.07) is 10.1. The second-order valence-corrected chi connectivity index (χ2v) is 10.0. The SMILES string of the molecule is Cc1cc(Nc2nccc(C(F)(F)F)n2)cc(-c2ccnc(N3CCN(S(C)(=O)=O)CC3)c2)c1. The van der Waals surface area contributed by atoms with Crippen molar-refractivity contribution in [3.8, 4) is 11.1 Å². The number of pyridine rings is 1. The van der Waals surface area contributed by atoms with Crippen LogP contribution >= 0.6 is 0 Å². The summed E-state index contributed by atoms with van der Waals surface area (Å²) in [6.07, 6.45) is -0.612. The van der Waals surface area contributed by atoms with Gasteiger partial charge in [-0.05, 0) is 53.9 Å². The van der Waals surface area contributed by atoms with E-state index in [2.05, 4.69) is 20.3 Å². The van der Waals surface area contributed by atoms with Crippen LogP contribution in [0.5, 0.6) is 0 Å². The Hall–Kier alpha value is -3.25. The molecule has 0 atom stereocenters. The van der Waals surface area contributed by atoms with Gasteiger partial charge in [-0.1, -0.05) is 6.07 Å². The number of anilines is 3. The molecule has 1 fully saturated rings. The lowest BCUT2D eigenvalue weighted by Gasteiger charge is -2.34. The van der Waals surface area contributed by atoms with Gasteiger partial charge in [0.15, 0.2) is 0 Å². The van der Waals surface area contributed by atoms with E-state index in [1.54, 1.807) is 18.3 Å². The molecule has 2 aromatic heterocycles. The Labute approximate surface area is 195 Å². The number of aryl methyl sites for hydroxylation is 1. The van der Waals surface area contributed by atoms with Crippen LogP contribution in [0.4, 0.5) is 30.6 Å². The molecule has 1 N–H and O–H groups in total. The summed E-state index contributed by atoms with van der Waals surface area (Å²) < 4.78 is 63.9. The van der Waals surface area contributed by atoms with E-state index < -0.39 is 21.9 Å². The third-order valence-corrected chi connectivity index (χ3v) is 6.69. The van der Waals surface area contributed by atoms with Gasteiger partial charge in [0.05, 0.1) is 6.26 Å². The molecule has 3 heterocycles. The summed E-state index contributed by atoms with van der Waals surface area (Å²) in [6.45, 7) is 3.71. The van der Waals surface area contributed by atoms with E-state index >= 15 is 0 Å². The molecule has 0 bridgehead atoms. The van der Waals surface area contributed by atoms with Crippen LogP contribution in [0.15, 0.2) is 48.8 Å². The van der Waals surface area contributed by atoms with Crippen LogP contribution in [0.1, 0.15) is 11.3 Å². The van der Waals surface area contributed by atoms with E-state index in [1.165, 1.54) is 10.6 Å². The number of halogens is 3. The molecule has 4 rings (SSSR count). The Balaban J connectivity index is 1.56. The fraction of sp³-hybridized carbons (Fsp3) is 0.318. The van der Waals surface area contributed by atoms with Crippen molar-refractivity contribution in [2.24, 2.45) is 0 Å². The van der Waals surface area contributed by atoms with Gasteiger partial charge in [-0.15, -0.1) is 0 Å². The average molecular weight is 493 g/mol. The molecule has 180 valence electrons. The molecule has 0 saturated carbocycles. The summed E-state index contributed by atoms with van der Waals surface area (Å²) in [5, 5.41) is 2.85. The van der Waals surface area contributed by atoms with Crippen molar-refractivity contribution in [2.75, 3.05) is 42.7 Å². The number of nitrogens with one attached hydrogen (secondary N) is 1. The normalized spacial score (nSPS) is 15.4. The van der Waals surface area contributed by atoms with E-state index in [4.69, 9.17) is 0 Å². The molecule has 8 nitrogen and oxygen atoms in total. The van der Waals surface area contributed by atoms with E-state index in [-0.39, 0.29) is 5.95 Å². The number of sulfonamides is 1. The first-order valence-corrected chi connectivity index (χ1v) is 12.3. The van der Waals surface area contributed by atoms with Crippen molar-refractivity contribution in [1.82, 2.24) is 19.3 Å². The van der Waals surface area contributed by atoms with Crippen LogP contribution in [-0.2, 0) is 16.2 Å². The van der Waals surface area contributed by atoms with Gasteiger partial charge in [0.2, 0.25) is 16.0 Å². The fourth-order valence-electron chi connectivity index (χ4n) is 3.75. The highest BCUT2D eigenvalue weighted by molar-refractivity contribution is 7.88. The minimum Gasteiger partial charge on any atom is -0.354 e. The number of hydrogen-bond donors (Lipinski definition) is 1. The quantitative estimate of drug-likeness (QED) is 0.581. The number of benzene rings is 1. The van der Waals surface area contributed by atoms with E-state index in [9.17, 15) is 21.6 Å². The molecule has 0 unspecified atom stereocenters. The van der Waals surface area contributed by atoms with Gasteiger partial charge in [0, 0.05) is 44.3 Å². The molecule has 0 radical (unpaired) electrons. The predicted molar refractivity (Wildman–Crippen MR) is 123 cm³/mol. The number of rotatable bonds is 5. The van der Waals surface area contributed by atoms with E-state index in [0.29, 0.717) is 31.9 Å². The Morgan fingerprint density at radius 2 is 1.65 bits per heavy atom. The number of hydrogen-bond acceptors (Lipinski definition) is 7. The highest BCUT2D eigenvalue weighted by Gasteiger charge is 2.32. The van der Waals surface area contributed by atoms with Crippen LogP contribution in [-0.4, -0.2) is 60.1 Å². The zero-order valence-electron chi connectivity index (χ0n) is 18.5. The van der Waals surface area contributed by atoms with E-state index in [1.807, 2.05) is 30.0 Å². The third kappa shape index (κ3) is 5.62. The largest absolute Gasteiger partial charge is 0.433 e. The maximum Gasteiger partial charge on any atom is 0.433 e. The van der Waals surface area contributed by atoms with Gasteiger partial charge < -0.3 is 10.2 Å². The molecular weight excluding hydrogens is 469 g/mol. The zero-order chi connectivity index (χ0) is 24.5. The Kier molecular flexibility index (Phi) is 6.45. The second-order valence-electron chi connectivity index (χ2n) is 8.03. The number of piperazine rings is 1. The summed E-state index contributed by atoms with van der Waals surface area (Å²) >= 11 is 0. The Morgan fingerprint density at radius 1 is 0.941 bits per heavy atom. The molecule has 0 spiro atoms. The lowest BCUT2D eigenvalue weighted by Crippen LogP contribution is -2.48. The molecule has 0 amide bonds. The van der Waals surface area contributed by atoms with Gasteiger partial charge >= 0.3 is 6.18 Å². The van der Waals surface area contributed by atoms with Crippen molar-refractivity contribution < 1.29 is 21.6 Å². The standard InChI is InChI=1S/C22H23F3N6O2S/c1-15-11-17(13-18(12-15)28-21-27-6-4-19(29-21)22(23,24)25)16-3-5-26-20(14-16)30-7-9-31(10-8-30)34(2,32)33/h3-6,11-14H,7-10H2,1-2H3,(H,27,28,29). The average Bonchev–Trinajstić information content (AvgIpc) is 2.78. The van der Waals surface area contributed by atoms with Gasteiger partial charge in [-0.3, -0.25) is 0 Å². The molecule has 1 aliphatic rings. The minimum atomic E-state index is -4.56. The third-order valence-electron chi connectivity index (χ3n) is 5.39. The summed E-state index contributed by atoms with van der Waals surface area (Å²) in [5.41, 5.74) is 2.13. The van der Waals surface area contributed by atoms with Crippen molar-refractivity contribution in [3.63, 3.8) is 0 Å². The van der Waals surface area contributed by atoms with Crippen LogP contribution in [0.2, 0.25) is 0 Å². The molecular formula is C22H23F3N6O2S. The fourth-order valence-corrected chi connectivity index (χ4v) is 4.57. The van der Waals surface area contributed by atoms with Gasteiger partial charge in [-0.25, -0.2) is 23.4 Å². The maximum atomic E-state index is 13.0. The molecule has 1 saturated heterocycles. The summed E-state index contributed by atoms with van der Waals surface area (Å²) in [5.74, 6) is 0.577. The smallest absolute Gasteiger partial charge is 0.354 e. The van der Waals surface area contributed by atoms with Crippen LogP contribution in [0, 0.1) is 6.92 Å². The first-order chi connectivity index (χ1) is 16.0. The summed E-state index contributed by atoms with van der Waals surface area (Å²) in [4.78, 5) is 13.9. The lowest BCUT2D eigenvalue weighted by atomic mass is 10.0. The first-order valence-electron chi connectivity index (χ1n) is 10.4. The maximum absolute atomic E-state index is 13.0. The molecule has 12 heteroatoms. The predicted octanol–water partition coefficient (Wildman–Crippen LogP) is 3.69. The molecule has 0 aliphatic carbocycles. The van der Waals surface area contributed by atoms with Gasteiger partial charge in [0.25, 0.3) is 0 Å². The Bertz CT molecular complexity index is 1290. The van der Waals surface area contributed by atoms with Crippen LogP contribution < -0.4 is 10.2 Å². The summed E-state index contributed by atoms with van der Waals surface area (Å²) in [7, 11) is -3.22. The van der Waals surface area contributed by atoms with Crippen molar-refractivity contribution >= 4 is 27.5 Å². The molecule has 3 aromatic rings. The molecule has 1 aromatic carbocycles. The highest BCUT2D eigenvalue weighted by atomic mass is 32.2. The topological polar surface area (TPSA) is 91.3 Å². The zero-order valence-corrected chi connectivity index (χ0v) is 19.4. The van der Waals surface area contributed by atoms with Gasteiger partial charge in [0.1, 0.15) is 11.5 Å². The number of aromatic nitrogens is 3. The molecule has 34 heavy (non-hydrogen) atoms. The van der Waals surface area contributed by atoms with Crippen molar-refractivity contribution in [1.29, 1.82) is 0 Å². The minimum absolute atomic E-state index is 0.148. The first kappa shape index (κ1) is 23.9.